The van der Waals surface area contributed by atoms with E-state index < -0.39 is 0 Å². The number of carbonyl (C=O) groups excluding carboxylic acids is 1. The minimum absolute atomic E-state index is 0.00347. The molecule has 0 saturated heterocycles. The Labute approximate surface area is 55.2 Å². The Kier molecular flexibility index (Phi) is 2.01. The summed E-state index contributed by atoms with van der Waals surface area (Å²) < 4.78 is 0. The Morgan fingerprint density at radius 3 is 3.00 bits per heavy atom. The van der Waals surface area contributed by atoms with E-state index in [1.165, 1.54) is 0 Å². The van der Waals surface area contributed by atoms with Crippen LogP contribution in [-0.2, 0) is 4.79 Å². The van der Waals surface area contributed by atoms with Crippen LogP contribution in [0.3, 0.4) is 0 Å². The standard InChI is InChI=1S/C7H10NO/c1-8-4-2-3-7(5-8)6-9/h2-3,7H,4-5H2,1H3. The van der Waals surface area contributed by atoms with Gasteiger partial charge in [0.2, 0.25) is 6.29 Å². The Bertz CT molecular complexity index is 131. The van der Waals surface area contributed by atoms with E-state index in [1.807, 2.05) is 25.5 Å². The molecule has 9 heavy (non-hydrogen) atoms. The predicted molar refractivity (Wildman–Crippen MR) is 35.8 cm³/mol. The van der Waals surface area contributed by atoms with Gasteiger partial charge in [-0.1, -0.05) is 12.2 Å². The maximum Gasteiger partial charge on any atom is 0.207 e. The monoisotopic (exact) mass is 124 g/mol. The second-order valence-corrected chi connectivity index (χ2v) is 2.37. The van der Waals surface area contributed by atoms with Crippen LogP contribution in [0.25, 0.3) is 0 Å². The lowest BCUT2D eigenvalue weighted by atomic mass is 10.1. The van der Waals surface area contributed by atoms with Crippen LogP contribution in [0.4, 0.5) is 0 Å². The largest absolute Gasteiger partial charge is 0.302 e. The average Bonchev–Trinajstić information content (AvgIpc) is 1.88. The lowest BCUT2D eigenvalue weighted by molar-refractivity contribution is 0.338. The van der Waals surface area contributed by atoms with Gasteiger partial charge in [-0.15, -0.1) is 0 Å². The Morgan fingerprint density at radius 2 is 2.56 bits per heavy atom. The first-order valence-electron chi connectivity index (χ1n) is 3.06. The summed E-state index contributed by atoms with van der Waals surface area (Å²) in [7, 11) is 1.99. The maximum atomic E-state index is 10.1. The van der Waals surface area contributed by atoms with Crippen LogP contribution in [0.15, 0.2) is 12.2 Å². The highest BCUT2D eigenvalue weighted by Crippen LogP contribution is 2.03. The molecule has 1 aliphatic rings. The normalized spacial score (nSPS) is 28.3. The zero-order valence-electron chi connectivity index (χ0n) is 5.50. The second kappa shape index (κ2) is 2.78. The van der Waals surface area contributed by atoms with Crippen LogP contribution in [0.1, 0.15) is 0 Å². The van der Waals surface area contributed by atoms with Gasteiger partial charge in [-0.2, -0.15) is 0 Å². The van der Waals surface area contributed by atoms with Crippen molar-refractivity contribution in [2.45, 2.75) is 0 Å². The highest BCUT2D eigenvalue weighted by atomic mass is 16.1. The third kappa shape index (κ3) is 1.64. The molecular formula is C7H10NO. The van der Waals surface area contributed by atoms with Crippen LogP contribution >= 0.6 is 0 Å². The summed E-state index contributed by atoms with van der Waals surface area (Å²) in [5.41, 5.74) is 0. The second-order valence-electron chi connectivity index (χ2n) is 2.37. The van der Waals surface area contributed by atoms with E-state index in [9.17, 15) is 4.79 Å². The smallest absolute Gasteiger partial charge is 0.207 e. The third-order valence-electron chi connectivity index (χ3n) is 1.45. The molecule has 2 nitrogen and oxygen atoms in total. The quantitative estimate of drug-likeness (QED) is 0.466. The van der Waals surface area contributed by atoms with E-state index >= 15 is 0 Å². The van der Waals surface area contributed by atoms with Gasteiger partial charge in [0.05, 0.1) is 5.92 Å². The van der Waals surface area contributed by atoms with Crippen LogP contribution < -0.4 is 0 Å². The summed E-state index contributed by atoms with van der Waals surface area (Å²) in [5, 5.41) is 0. The molecule has 1 heterocycles. The van der Waals surface area contributed by atoms with E-state index in [-0.39, 0.29) is 5.92 Å². The van der Waals surface area contributed by atoms with Crippen molar-refractivity contribution in [1.82, 2.24) is 4.90 Å². The molecule has 1 aliphatic heterocycles. The van der Waals surface area contributed by atoms with Crippen molar-refractivity contribution in [2.75, 3.05) is 20.1 Å². The van der Waals surface area contributed by atoms with E-state index in [0.717, 1.165) is 13.1 Å². The van der Waals surface area contributed by atoms with Gasteiger partial charge < -0.3 is 4.90 Å². The zero-order chi connectivity index (χ0) is 6.69. The van der Waals surface area contributed by atoms with Gasteiger partial charge >= 0.3 is 0 Å². The van der Waals surface area contributed by atoms with Crippen LogP contribution in [-0.4, -0.2) is 31.3 Å². The van der Waals surface area contributed by atoms with Crippen LogP contribution in [0, 0.1) is 5.92 Å². The molecule has 1 unspecified atom stereocenters. The van der Waals surface area contributed by atoms with Gasteiger partial charge in [0.1, 0.15) is 0 Å². The predicted octanol–water partition coefficient (Wildman–Crippen LogP) is 0.214. The molecule has 0 aromatic rings. The van der Waals surface area contributed by atoms with Gasteiger partial charge in [-0.05, 0) is 7.05 Å². The fraction of sp³-hybridized carbons (Fsp3) is 0.571. The first-order chi connectivity index (χ1) is 4.33. The molecule has 0 bridgehead atoms. The highest BCUT2D eigenvalue weighted by Gasteiger charge is 2.10. The van der Waals surface area contributed by atoms with E-state index in [2.05, 4.69) is 4.90 Å². The zero-order valence-corrected chi connectivity index (χ0v) is 5.50. The maximum absolute atomic E-state index is 10.1. The van der Waals surface area contributed by atoms with E-state index in [1.54, 1.807) is 0 Å². The van der Waals surface area contributed by atoms with E-state index in [4.69, 9.17) is 0 Å². The molecule has 0 amide bonds. The van der Waals surface area contributed by atoms with Gasteiger partial charge in [0.15, 0.2) is 0 Å². The third-order valence-corrected chi connectivity index (χ3v) is 1.45. The Morgan fingerprint density at radius 1 is 1.78 bits per heavy atom. The number of likely N-dealkylation sites (N-methyl/N-ethyl adjacent to an activating group) is 1. The molecule has 49 valence electrons. The van der Waals surface area contributed by atoms with Crippen molar-refractivity contribution in [1.29, 1.82) is 0 Å². The van der Waals surface area contributed by atoms with Crippen molar-refractivity contribution in [3.05, 3.63) is 12.2 Å². The highest BCUT2D eigenvalue weighted by molar-refractivity contribution is 5.58. The summed E-state index contributed by atoms with van der Waals surface area (Å²) in [4.78, 5) is 12.2. The minimum Gasteiger partial charge on any atom is -0.302 e. The van der Waals surface area contributed by atoms with Crippen molar-refractivity contribution >= 4 is 6.29 Å². The summed E-state index contributed by atoms with van der Waals surface area (Å²) in [6.45, 7) is 1.78. The molecule has 1 radical (unpaired) electrons. The Hall–Kier alpha value is -0.630. The van der Waals surface area contributed by atoms with Crippen LogP contribution in [0.2, 0.25) is 0 Å². The van der Waals surface area contributed by atoms with Crippen molar-refractivity contribution in [3.63, 3.8) is 0 Å². The van der Waals surface area contributed by atoms with Gasteiger partial charge in [-0.25, -0.2) is 0 Å². The number of rotatable bonds is 1. The Balaban J connectivity index is 2.48. The molecule has 0 aromatic heterocycles. The fourth-order valence-corrected chi connectivity index (χ4v) is 0.953. The first-order valence-corrected chi connectivity index (χ1v) is 3.06. The fourth-order valence-electron chi connectivity index (χ4n) is 0.953. The topological polar surface area (TPSA) is 20.3 Å². The molecule has 0 aromatic carbocycles. The average molecular weight is 124 g/mol. The summed E-state index contributed by atoms with van der Waals surface area (Å²) >= 11 is 0. The number of nitrogens with zero attached hydrogens (tertiary/aromatic N) is 1. The first kappa shape index (κ1) is 6.49. The molecular weight excluding hydrogens is 114 g/mol. The van der Waals surface area contributed by atoms with Crippen molar-refractivity contribution in [3.8, 4) is 0 Å². The molecule has 0 aliphatic carbocycles. The molecule has 1 rings (SSSR count). The SMILES string of the molecule is CN1CC=CC([C]=O)C1. The number of hydrogen-bond donors (Lipinski definition) is 0. The minimum atomic E-state index is 0.00347. The lowest BCUT2D eigenvalue weighted by Gasteiger charge is -2.20. The number of hydrogen-bond acceptors (Lipinski definition) is 2. The lowest BCUT2D eigenvalue weighted by Crippen LogP contribution is -2.29. The molecule has 0 spiro atoms. The van der Waals surface area contributed by atoms with Crippen molar-refractivity contribution in [2.24, 2.45) is 5.92 Å². The molecule has 0 saturated carbocycles. The summed E-state index contributed by atoms with van der Waals surface area (Å²) in [5.74, 6) is 0.00347. The molecule has 1 atom stereocenters. The summed E-state index contributed by atoms with van der Waals surface area (Å²) in [6.07, 6.45) is 5.86. The molecule has 0 N–H and O–H groups in total. The van der Waals surface area contributed by atoms with Crippen molar-refractivity contribution < 1.29 is 4.79 Å². The molecule has 0 fully saturated rings. The van der Waals surface area contributed by atoms with Gasteiger partial charge in [0, 0.05) is 13.1 Å². The van der Waals surface area contributed by atoms with Gasteiger partial charge in [0.25, 0.3) is 0 Å². The van der Waals surface area contributed by atoms with E-state index in [0.29, 0.717) is 0 Å². The summed E-state index contributed by atoms with van der Waals surface area (Å²) in [6, 6.07) is 0. The van der Waals surface area contributed by atoms with Crippen LogP contribution in [0.5, 0.6) is 0 Å². The molecule has 2 heteroatoms. The van der Waals surface area contributed by atoms with Gasteiger partial charge in [-0.3, -0.25) is 4.79 Å².